The highest BCUT2D eigenvalue weighted by molar-refractivity contribution is 7.13. The van der Waals surface area contributed by atoms with E-state index in [1.165, 1.54) is 5.56 Å². The zero-order valence-electron chi connectivity index (χ0n) is 17.5. The van der Waals surface area contributed by atoms with Crippen molar-refractivity contribution < 1.29 is 13.9 Å². The van der Waals surface area contributed by atoms with E-state index in [1.807, 2.05) is 49.6 Å². The number of benzene rings is 2. The van der Waals surface area contributed by atoms with Crippen molar-refractivity contribution in [2.75, 3.05) is 13.7 Å². The Morgan fingerprint density at radius 2 is 1.87 bits per heavy atom. The first kappa shape index (κ1) is 20.2. The highest BCUT2D eigenvalue weighted by Crippen LogP contribution is 2.28. The van der Waals surface area contributed by atoms with Gasteiger partial charge in [-0.05, 0) is 68.3 Å². The number of carbonyl (C=O) groups excluding carboxylic acids is 1. The number of carbonyl (C=O) groups is 1. The smallest absolute Gasteiger partial charge is 0.287 e. The average molecular weight is 421 g/mol. The molecule has 154 valence electrons. The van der Waals surface area contributed by atoms with Crippen molar-refractivity contribution in [2.24, 2.45) is 0 Å². The molecule has 0 saturated carbocycles. The monoisotopic (exact) mass is 420 g/mol. The standard InChI is InChI=1S/C24H24N2O3S/c1-14-11-20-16(3)22(29-21(20)12-15(14)2)23(27)25-10-9-18-13-30-24(26-18)17-5-7-19(28-4)8-6-17/h5-8,11-13H,9-10H2,1-4H3,(H,25,27). The van der Waals surface area contributed by atoms with Gasteiger partial charge in [0.1, 0.15) is 16.3 Å². The predicted octanol–water partition coefficient (Wildman–Crippen LogP) is 5.46. The number of amides is 1. The Hall–Kier alpha value is -3.12. The van der Waals surface area contributed by atoms with Gasteiger partial charge in [-0.15, -0.1) is 11.3 Å². The van der Waals surface area contributed by atoms with Gasteiger partial charge in [0.25, 0.3) is 5.91 Å². The summed E-state index contributed by atoms with van der Waals surface area (Å²) in [5, 5.41) is 6.94. The third kappa shape index (κ3) is 3.96. The molecule has 1 N–H and O–H groups in total. The maximum Gasteiger partial charge on any atom is 0.287 e. The normalized spacial score (nSPS) is 11.1. The molecule has 0 aliphatic rings. The molecular weight excluding hydrogens is 396 g/mol. The minimum atomic E-state index is -0.190. The molecule has 0 fully saturated rings. The van der Waals surface area contributed by atoms with Gasteiger partial charge >= 0.3 is 0 Å². The number of aromatic nitrogens is 1. The lowest BCUT2D eigenvalue weighted by Crippen LogP contribution is -2.25. The second-order valence-corrected chi connectivity index (χ2v) is 8.23. The van der Waals surface area contributed by atoms with Gasteiger partial charge in [0.15, 0.2) is 5.76 Å². The largest absolute Gasteiger partial charge is 0.497 e. The summed E-state index contributed by atoms with van der Waals surface area (Å²) in [5.74, 6) is 1.02. The summed E-state index contributed by atoms with van der Waals surface area (Å²) >= 11 is 1.60. The number of fused-ring (bicyclic) bond motifs is 1. The Morgan fingerprint density at radius 3 is 2.60 bits per heavy atom. The Morgan fingerprint density at radius 1 is 1.13 bits per heavy atom. The molecule has 0 unspecified atom stereocenters. The zero-order valence-corrected chi connectivity index (χ0v) is 18.4. The lowest BCUT2D eigenvalue weighted by Gasteiger charge is -2.02. The zero-order chi connectivity index (χ0) is 21.3. The second-order valence-electron chi connectivity index (χ2n) is 7.37. The van der Waals surface area contributed by atoms with Crippen molar-refractivity contribution in [1.29, 1.82) is 0 Å². The van der Waals surface area contributed by atoms with Crippen molar-refractivity contribution in [1.82, 2.24) is 10.3 Å². The number of methoxy groups -OCH3 is 1. The summed E-state index contributed by atoms with van der Waals surface area (Å²) in [4.78, 5) is 17.3. The van der Waals surface area contributed by atoms with E-state index in [0.29, 0.717) is 18.7 Å². The lowest BCUT2D eigenvalue weighted by atomic mass is 10.1. The summed E-state index contributed by atoms with van der Waals surface area (Å²) in [6.07, 6.45) is 0.663. The molecule has 30 heavy (non-hydrogen) atoms. The van der Waals surface area contributed by atoms with Crippen LogP contribution in [0, 0.1) is 20.8 Å². The number of nitrogens with zero attached hydrogens (tertiary/aromatic N) is 1. The molecule has 0 bridgehead atoms. The van der Waals surface area contributed by atoms with Gasteiger partial charge in [-0.25, -0.2) is 4.98 Å². The van der Waals surface area contributed by atoms with Crippen molar-refractivity contribution in [3.8, 4) is 16.3 Å². The number of thiazole rings is 1. The average Bonchev–Trinajstić information content (AvgIpc) is 3.34. The molecular formula is C24H24N2O3S. The van der Waals surface area contributed by atoms with E-state index in [4.69, 9.17) is 9.15 Å². The summed E-state index contributed by atoms with van der Waals surface area (Å²) in [5.41, 5.74) is 5.98. The molecule has 4 aromatic rings. The van der Waals surface area contributed by atoms with E-state index in [1.54, 1.807) is 18.4 Å². The minimum absolute atomic E-state index is 0.190. The van der Waals surface area contributed by atoms with Crippen LogP contribution in [0.25, 0.3) is 21.5 Å². The van der Waals surface area contributed by atoms with Crippen molar-refractivity contribution in [2.45, 2.75) is 27.2 Å². The Bertz CT molecular complexity index is 1210. The van der Waals surface area contributed by atoms with Gasteiger partial charge < -0.3 is 14.5 Å². The predicted molar refractivity (Wildman–Crippen MR) is 121 cm³/mol. The van der Waals surface area contributed by atoms with E-state index >= 15 is 0 Å². The molecule has 2 aromatic heterocycles. The Labute approximate surface area is 179 Å². The van der Waals surface area contributed by atoms with Gasteiger partial charge in [-0.1, -0.05) is 0 Å². The molecule has 0 spiro atoms. The fourth-order valence-electron chi connectivity index (χ4n) is 3.37. The molecule has 4 rings (SSSR count). The first-order valence-electron chi connectivity index (χ1n) is 9.83. The maximum absolute atomic E-state index is 12.6. The molecule has 1 amide bonds. The van der Waals surface area contributed by atoms with E-state index in [2.05, 4.69) is 23.3 Å². The number of rotatable bonds is 6. The molecule has 0 radical (unpaired) electrons. The summed E-state index contributed by atoms with van der Waals surface area (Å²) in [6, 6.07) is 11.9. The van der Waals surface area contributed by atoms with Crippen molar-refractivity contribution in [3.05, 3.63) is 69.9 Å². The first-order valence-corrected chi connectivity index (χ1v) is 10.7. The van der Waals surface area contributed by atoms with E-state index in [-0.39, 0.29) is 5.91 Å². The Balaban J connectivity index is 1.40. The minimum Gasteiger partial charge on any atom is -0.497 e. The van der Waals surface area contributed by atoms with Crippen molar-refractivity contribution >= 4 is 28.2 Å². The molecule has 0 aliphatic carbocycles. The number of furan rings is 1. The molecule has 2 heterocycles. The van der Waals surface area contributed by atoms with E-state index in [0.717, 1.165) is 44.1 Å². The third-order valence-corrected chi connectivity index (χ3v) is 6.25. The van der Waals surface area contributed by atoms with Crippen LogP contribution < -0.4 is 10.1 Å². The van der Waals surface area contributed by atoms with Gasteiger partial charge in [0.05, 0.1) is 12.8 Å². The fraction of sp³-hybridized carbons (Fsp3) is 0.250. The molecule has 0 aliphatic heterocycles. The topological polar surface area (TPSA) is 64.4 Å². The van der Waals surface area contributed by atoms with Gasteiger partial charge in [0.2, 0.25) is 0 Å². The molecule has 5 nitrogen and oxygen atoms in total. The number of hydrogen-bond donors (Lipinski definition) is 1. The molecule has 2 aromatic carbocycles. The van der Waals surface area contributed by atoms with Crippen LogP contribution in [0.4, 0.5) is 0 Å². The van der Waals surface area contributed by atoms with Crippen LogP contribution in [0.5, 0.6) is 5.75 Å². The first-order chi connectivity index (χ1) is 14.5. The van der Waals surface area contributed by atoms with Gasteiger partial charge in [0, 0.05) is 34.9 Å². The van der Waals surface area contributed by atoms with Crippen LogP contribution in [0.3, 0.4) is 0 Å². The Kier molecular flexibility index (Phi) is 5.59. The maximum atomic E-state index is 12.6. The summed E-state index contributed by atoms with van der Waals surface area (Å²) < 4.78 is 11.0. The third-order valence-electron chi connectivity index (χ3n) is 5.31. The van der Waals surface area contributed by atoms with Crippen LogP contribution in [0.1, 0.15) is 32.9 Å². The molecule has 0 saturated heterocycles. The number of hydrogen-bond acceptors (Lipinski definition) is 5. The van der Waals surface area contributed by atoms with Crippen LogP contribution in [-0.4, -0.2) is 24.5 Å². The molecule has 0 atom stereocenters. The van der Waals surface area contributed by atoms with E-state index in [9.17, 15) is 4.79 Å². The second kappa shape index (κ2) is 8.32. The van der Waals surface area contributed by atoms with Crippen LogP contribution in [-0.2, 0) is 6.42 Å². The highest BCUT2D eigenvalue weighted by atomic mass is 32.1. The van der Waals surface area contributed by atoms with E-state index < -0.39 is 0 Å². The number of nitrogens with one attached hydrogen (secondary N) is 1. The van der Waals surface area contributed by atoms with Gasteiger partial charge in [-0.3, -0.25) is 4.79 Å². The number of ether oxygens (including phenoxy) is 1. The quantitative estimate of drug-likeness (QED) is 0.450. The summed E-state index contributed by atoms with van der Waals surface area (Å²) in [6.45, 7) is 6.53. The highest BCUT2D eigenvalue weighted by Gasteiger charge is 2.18. The molecule has 6 heteroatoms. The SMILES string of the molecule is COc1ccc(-c2nc(CCNC(=O)c3oc4cc(C)c(C)cc4c3C)cs2)cc1. The van der Waals surface area contributed by atoms with Crippen LogP contribution >= 0.6 is 11.3 Å². The summed E-state index contributed by atoms with van der Waals surface area (Å²) in [7, 11) is 1.65. The fourth-order valence-corrected chi connectivity index (χ4v) is 4.23. The number of aryl methyl sites for hydroxylation is 3. The van der Waals surface area contributed by atoms with Crippen molar-refractivity contribution in [3.63, 3.8) is 0 Å². The van der Waals surface area contributed by atoms with Gasteiger partial charge in [-0.2, -0.15) is 0 Å². The van der Waals surface area contributed by atoms with Crippen LogP contribution in [0.2, 0.25) is 0 Å². The lowest BCUT2D eigenvalue weighted by molar-refractivity contribution is 0.0927. The van der Waals surface area contributed by atoms with Crippen LogP contribution in [0.15, 0.2) is 46.2 Å².